The first-order valence-electron chi connectivity index (χ1n) is 17.6. The van der Waals surface area contributed by atoms with Crippen LogP contribution >= 0.6 is 0 Å². The Morgan fingerprint density at radius 2 is 1.02 bits per heavy atom. The molecule has 0 aromatic rings. The van der Waals surface area contributed by atoms with Gasteiger partial charge in [-0.15, -0.1) is 0 Å². The minimum atomic E-state index is 0.178. The van der Waals surface area contributed by atoms with Gasteiger partial charge in [0.2, 0.25) is 0 Å². The average Bonchev–Trinajstić information content (AvgIpc) is 2.94. The van der Waals surface area contributed by atoms with Crippen molar-refractivity contribution in [2.75, 3.05) is 53.6 Å². The van der Waals surface area contributed by atoms with Gasteiger partial charge in [-0.3, -0.25) is 0 Å². The molecule has 4 nitrogen and oxygen atoms in total. The molecular weight excluding hydrogens is 492 g/mol. The molecule has 0 saturated heterocycles. The van der Waals surface area contributed by atoms with E-state index in [2.05, 4.69) is 52.2 Å². The molecule has 0 aliphatic carbocycles. The Morgan fingerprint density at radius 3 is 1.52 bits per heavy atom. The Kier molecular flexibility index (Phi) is 30.7. The summed E-state index contributed by atoms with van der Waals surface area (Å²) in [6, 6.07) is 0. The highest BCUT2D eigenvalue weighted by atomic mass is 16.5. The lowest BCUT2D eigenvalue weighted by atomic mass is 10.1. The van der Waals surface area contributed by atoms with Crippen molar-refractivity contribution < 1.29 is 14.0 Å². The van der Waals surface area contributed by atoms with E-state index in [1.165, 1.54) is 122 Å². The number of quaternary nitrogens is 1. The van der Waals surface area contributed by atoms with Crippen molar-refractivity contribution in [2.24, 2.45) is 5.73 Å². The van der Waals surface area contributed by atoms with Crippen LogP contribution in [0.25, 0.3) is 0 Å². The van der Waals surface area contributed by atoms with Crippen LogP contribution in [0.15, 0.2) is 24.3 Å². The molecule has 238 valence electrons. The van der Waals surface area contributed by atoms with Crippen molar-refractivity contribution in [3.63, 3.8) is 0 Å². The van der Waals surface area contributed by atoms with E-state index in [0.29, 0.717) is 0 Å². The van der Waals surface area contributed by atoms with Gasteiger partial charge in [0.25, 0.3) is 0 Å². The molecule has 0 aliphatic rings. The van der Waals surface area contributed by atoms with Crippen LogP contribution < -0.4 is 5.73 Å². The molecule has 0 amide bonds. The first-order valence-corrected chi connectivity index (χ1v) is 17.6. The Morgan fingerprint density at radius 1 is 0.575 bits per heavy atom. The molecule has 40 heavy (non-hydrogen) atoms. The molecule has 1 atom stereocenters. The molecule has 0 aromatic heterocycles. The second-order valence-corrected chi connectivity index (χ2v) is 12.6. The highest BCUT2D eigenvalue weighted by molar-refractivity contribution is 4.81. The van der Waals surface area contributed by atoms with Gasteiger partial charge in [0.1, 0.15) is 12.6 Å². The maximum Gasteiger partial charge on any atom is 0.130 e. The van der Waals surface area contributed by atoms with Gasteiger partial charge in [0.15, 0.2) is 0 Å². The van der Waals surface area contributed by atoms with Crippen LogP contribution in [0, 0.1) is 0 Å². The fourth-order valence-corrected chi connectivity index (χ4v) is 5.14. The van der Waals surface area contributed by atoms with Crippen molar-refractivity contribution in [1.82, 2.24) is 0 Å². The molecular formula is C36H73N2O2+. The van der Waals surface area contributed by atoms with E-state index >= 15 is 0 Å². The SMILES string of the molecule is CCCC/C=C\CCCCCCCCOC[C@@H](C[N+](C)(C)CCCN)OCCCCCCCC/C=C\CCCC. The lowest BCUT2D eigenvalue weighted by molar-refractivity contribution is -0.893. The smallest absolute Gasteiger partial charge is 0.130 e. The van der Waals surface area contributed by atoms with Crippen molar-refractivity contribution in [2.45, 2.75) is 155 Å². The standard InChI is InChI=1S/C36H73N2O2/c1-5-7-9-11-13-15-17-19-21-23-25-27-32-39-35-36(34-38(3,4)31-29-30-37)40-33-28-26-24-22-20-18-16-14-12-10-8-6-2/h11-14,36H,5-10,15-35,37H2,1-4H3/q+1/b13-11-,14-12-/t36-/m1/s1. The van der Waals surface area contributed by atoms with Crippen molar-refractivity contribution >= 4 is 0 Å². The normalized spacial score (nSPS) is 13.2. The van der Waals surface area contributed by atoms with Gasteiger partial charge in [0, 0.05) is 19.6 Å². The van der Waals surface area contributed by atoms with E-state index in [1.807, 2.05) is 0 Å². The van der Waals surface area contributed by atoms with Crippen LogP contribution in [-0.4, -0.2) is 64.1 Å². The summed E-state index contributed by atoms with van der Waals surface area (Å²) in [7, 11) is 4.60. The second-order valence-electron chi connectivity index (χ2n) is 12.6. The summed E-state index contributed by atoms with van der Waals surface area (Å²) in [4.78, 5) is 0. The van der Waals surface area contributed by atoms with E-state index in [-0.39, 0.29) is 6.10 Å². The molecule has 0 bridgehead atoms. The zero-order valence-electron chi connectivity index (χ0n) is 27.8. The minimum Gasteiger partial charge on any atom is -0.379 e. The molecule has 0 spiro atoms. The van der Waals surface area contributed by atoms with Crippen LogP contribution in [0.2, 0.25) is 0 Å². The lowest BCUT2D eigenvalue weighted by Crippen LogP contribution is -2.48. The van der Waals surface area contributed by atoms with E-state index in [0.717, 1.165) is 56.8 Å². The Balaban J connectivity index is 3.96. The summed E-state index contributed by atoms with van der Waals surface area (Å²) in [5.41, 5.74) is 5.78. The molecule has 0 fully saturated rings. The summed E-state index contributed by atoms with van der Waals surface area (Å²) in [6.07, 6.45) is 36.7. The summed E-state index contributed by atoms with van der Waals surface area (Å²) >= 11 is 0. The number of ether oxygens (including phenoxy) is 2. The molecule has 0 heterocycles. The molecule has 0 saturated carbocycles. The second kappa shape index (κ2) is 31.3. The molecule has 0 unspecified atom stereocenters. The van der Waals surface area contributed by atoms with Gasteiger partial charge in [-0.05, 0) is 57.9 Å². The molecule has 0 rings (SSSR count). The Labute approximate surface area is 252 Å². The number of nitrogens with zero attached hydrogens (tertiary/aromatic N) is 1. The summed E-state index contributed by atoms with van der Waals surface area (Å²) < 4.78 is 13.5. The average molecular weight is 566 g/mol. The van der Waals surface area contributed by atoms with Gasteiger partial charge < -0.3 is 19.7 Å². The van der Waals surface area contributed by atoms with E-state index < -0.39 is 0 Å². The monoisotopic (exact) mass is 566 g/mol. The van der Waals surface area contributed by atoms with E-state index in [1.54, 1.807) is 0 Å². The largest absolute Gasteiger partial charge is 0.379 e. The van der Waals surface area contributed by atoms with Gasteiger partial charge in [-0.2, -0.15) is 0 Å². The summed E-state index contributed by atoms with van der Waals surface area (Å²) in [6.45, 7) is 9.82. The van der Waals surface area contributed by atoms with Crippen molar-refractivity contribution in [1.29, 1.82) is 0 Å². The highest BCUT2D eigenvalue weighted by Crippen LogP contribution is 2.12. The van der Waals surface area contributed by atoms with Gasteiger partial charge in [-0.1, -0.05) is 115 Å². The van der Waals surface area contributed by atoms with Crippen LogP contribution in [0.1, 0.15) is 149 Å². The number of likely N-dealkylation sites (N-methyl/N-ethyl adjacent to an activating group) is 1. The zero-order chi connectivity index (χ0) is 29.4. The predicted octanol–water partition coefficient (Wildman–Crippen LogP) is 9.77. The molecule has 0 radical (unpaired) electrons. The van der Waals surface area contributed by atoms with Gasteiger partial charge >= 0.3 is 0 Å². The Bertz CT molecular complexity index is 547. The first kappa shape index (κ1) is 39.3. The Hall–Kier alpha value is -0.680. The third-order valence-electron chi connectivity index (χ3n) is 7.78. The third-order valence-corrected chi connectivity index (χ3v) is 7.78. The summed E-state index contributed by atoms with van der Waals surface area (Å²) in [5, 5.41) is 0. The zero-order valence-corrected chi connectivity index (χ0v) is 27.8. The van der Waals surface area contributed by atoms with Crippen LogP contribution in [0.3, 0.4) is 0 Å². The number of nitrogens with two attached hydrogens (primary N) is 1. The molecule has 0 aliphatic heterocycles. The summed E-state index contributed by atoms with van der Waals surface area (Å²) in [5.74, 6) is 0. The van der Waals surface area contributed by atoms with E-state index in [9.17, 15) is 0 Å². The lowest BCUT2D eigenvalue weighted by Gasteiger charge is -2.33. The number of hydrogen-bond donors (Lipinski definition) is 1. The number of rotatable bonds is 32. The van der Waals surface area contributed by atoms with E-state index in [4.69, 9.17) is 15.2 Å². The van der Waals surface area contributed by atoms with Crippen LogP contribution in [0.4, 0.5) is 0 Å². The van der Waals surface area contributed by atoms with Crippen molar-refractivity contribution in [3.05, 3.63) is 24.3 Å². The quantitative estimate of drug-likeness (QED) is 0.0501. The van der Waals surface area contributed by atoms with Gasteiger partial charge in [-0.25, -0.2) is 0 Å². The van der Waals surface area contributed by atoms with Gasteiger partial charge in [0.05, 0.1) is 27.2 Å². The van der Waals surface area contributed by atoms with Crippen LogP contribution in [0.5, 0.6) is 0 Å². The number of unbranched alkanes of at least 4 members (excludes halogenated alkanes) is 16. The fraction of sp³-hybridized carbons (Fsp3) is 0.889. The maximum absolute atomic E-state index is 6.38. The molecule has 4 heteroatoms. The topological polar surface area (TPSA) is 44.5 Å². The third kappa shape index (κ3) is 30.3. The predicted molar refractivity (Wildman–Crippen MR) is 178 cm³/mol. The molecule has 0 aromatic carbocycles. The number of hydrogen-bond acceptors (Lipinski definition) is 3. The molecule has 2 N–H and O–H groups in total. The minimum absolute atomic E-state index is 0.178. The highest BCUT2D eigenvalue weighted by Gasteiger charge is 2.22. The number of allylic oxidation sites excluding steroid dienone is 4. The first-order chi connectivity index (χ1) is 19.6. The van der Waals surface area contributed by atoms with Crippen molar-refractivity contribution in [3.8, 4) is 0 Å². The van der Waals surface area contributed by atoms with Crippen LogP contribution in [-0.2, 0) is 9.47 Å². The fourth-order valence-electron chi connectivity index (χ4n) is 5.14. The maximum atomic E-state index is 6.38.